The van der Waals surface area contributed by atoms with E-state index in [9.17, 15) is 0 Å². The Morgan fingerprint density at radius 3 is 2.40 bits per heavy atom. The molecule has 2 fully saturated rings. The molecule has 1 aromatic heterocycles. The second-order valence-electron chi connectivity index (χ2n) is 18.5. The number of allylic oxidation sites excluding steroid dienone is 14. The van der Waals surface area contributed by atoms with Gasteiger partial charge in [0, 0.05) is 45.7 Å². The fourth-order valence-electron chi connectivity index (χ4n) is 11.2. The van der Waals surface area contributed by atoms with Crippen LogP contribution in [0, 0.1) is 17.8 Å². The molecular formula is C56H50N6. The van der Waals surface area contributed by atoms with Gasteiger partial charge in [-0.1, -0.05) is 127 Å². The van der Waals surface area contributed by atoms with E-state index >= 15 is 0 Å². The van der Waals surface area contributed by atoms with E-state index < -0.39 is 0 Å². The summed E-state index contributed by atoms with van der Waals surface area (Å²) in [6.45, 7) is 0. The van der Waals surface area contributed by atoms with Gasteiger partial charge in [0.25, 0.3) is 0 Å². The summed E-state index contributed by atoms with van der Waals surface area (Å²) < 4.78 is 2.31. The molecule has 2 aliphatic heterocycles. The molecule has 2 saturated carbocycles. The second kappa shape index (κ2) is 14.3. The fourth-order valence-corrected chi connectivity index (χ4v) is 11.2. The molecule has 6 unspecified atom stereocenters. The average Bonchev–Trinajstić information content (AvgIpc) is 4.17. The summed E-state index contributed by atoms with van der Waals surface area (Å²) in [5.41, 5.74) is 17.8. The van der Waals surface area contributed by atoms with E-state index in [1.807, 2.05) is 0 Å². The number of anilines is 1. The van der Waals surface area contributed by atoms with Gasteiger partial charge in [-0.15, -0.1) is 0 Å². The number of fused-ring (bicyclic) bond motifs is 3. The molecular weight excluding hydrogens is 757 g/mol. The van der Waals surface area contributed by atoms with E-state index in [0.717, 1.165) is 73.1 Å². The highest BCUT2D eigenvalue weighted by Crippen LogP contribution is 2.57. The summed E-state index contributed by atoms with van der Waals surface area (Å²) in [4.78, 5) is 13.4. The van der Waals surface area contributed by atoms with Crippen molar-refractivity contribution in [1.82, 2.24) is 20.2 Å². The molecule has 4 aromatic carbocycles. The third-order valence-electron chi connectivity index (χ3n) is 14.7. The minimum atomic E-state index is -0.167. The highest BCUT2D eigenvalue weighted by atomic mass is 15.3. The third kappa shape index (κ3) is 6.10. The number of aliphatic imine (C=N–C) groups is 1. The zero-order valence-electron chi connectivity index (χ0n) is 34.9. The molecule has 2 N–H and O–H groups in total. The first-order chi connectivity index (χ1) is 30.6. The van der Waals surface area contributed by atoms with Gasteiger partial charge in [0.15, 0.2) is 0 Å². The van der Waals surface area contributed by atoms with Crippen molar-refractivity contribution in [2.45, 2.75) is 69.2 Å². The predicted octanol–water partition coefficient (Wildman–Crippen LogP) is 12.0. The summed E-state index contributed by atoms with van der Waals surface area (Å²) in [5.74, 6) is 2.36. The molecule has 3 heterocycles. The van der Waals surface area contributed by atoms with E-state index in [4.69, 9.17) is 9.98 Å². The zero-order valence-corrected chi connectivity index (χ0v) is 34.9. The summed E-state index contributed by atoms with van der Waals surface area (Å²) in [5, 5.41) is 8.16. The van der Waals surface area contributed by atoms with Crippen LogP contribution in [-0.2, 0) is 5.54 Å². The van der Waals surface area contributed by atoms with Crippen LogP contribution in [0.5, 0.6) is 0 Å². The summed E-state index contributed by atoms with van der Waals surface area (Å²) in [6.07, 6.45) is 32.2. The Bertz CT molecular complexity index is 2930. The molecule has 6 heteroatoms. The van der Waals surface area contributed by atoms with Crippen LogP contribution >= 0.6 is 0 Å². The zero-order chi connectivity index (χ0) is 40.8. The number of benzene rings is 4. The predicted molar refractivity (Wildman–Crippen MR) is 252 cm³/mol. The van der Waals surface area contributed by atoms with E-state index in [1.165, 1.54) is 57.1 Å². The number of hydrogen-bond donors (Lipinski definition) is 2. The first-order valence-corrected chi connectivity index (χ1v) is 22.8. The first kappa shape index (κ1) is 36.2. The van der Waals surface area contributed by atoms with Crippen LogP contribution in [0.4, 0.5) is 5.69 Å². The molecule has 6 aliphatic carbocycles. The lowest BCUT2D eigenvalue weighted by molar-refractivity contribution is 0.421. The molecule has 62 heavy (non-hydrogen) atoms. The fraction of sp³-hybridized carbons (Fsp3) is 0.250. The van der Waals surface area contributed by atoms with Crippen molar-refractivity contribution in [2.75, 3.05) is 4.90 Å². The number of nitrogens with one attached hydrogen (secondary N) is 2. The second-order valence-corrected chi connectivity index (χ2v) is 18.5. The Morgan fingerprint density at radius 2 is 1.53 bits per heavy atom. The molecule has 6 nitrogen and oxygen atoms in total. The van der Waals surface area contributed by atoms with Crippen LogP contribution in [-0.4, -0.2) is 21.4 Å². The van der Waals surface area contributed by atoms with Gasteiger partial charge in [-0.05, 0) is 128 Å². The maximum Gasteiger partial charge on any atom is 0.145 e. The Kier molecular flexibility index (Phi) is 8.34. The van der Waals surface area contributed by atoms with Gasteiger partial charge in [-0.25, -0.2) is 4.98 Å². The third-order valence-corrected chi connectivity index (χ3v) is 14.7. The quantitative estimate of drug-likeness (QED) is 0.172. The number of para-hydroxylation sites is 2. The summed E-state index contributed by atoms with van der Waals surface area (Å²) in [6, 6.07) is 37.7. The SMILES string of the molecule is C1=CCCC(C2NC3=C(C=CCC3)N2c2ccc(C3N=C(C4C=CC5=C(C=CC6CC6=C5)C4)CC4CC4(c4ccc(-n5c(-c6ccccc6)nc6ccccc65)cc4)N3)cc2)=C1. The Balaban J connectivity index is 0.853. The minimum absolute atomic E-state index is 0.138. The first-order valence-electron chi connectivity index (χ1n) is 22.8. The van der Waals surface area contributed by atoms with Gasteiger partial charge in [0.1, 0.15) is 18.2 Å². The summed E-state index contributed by atoms with van der Waals surface area (Å²) >= 11 is 0. The normalized spacial score (nSPS) is 28.0. The van der Waals surface area contributed by atoms with Crippen molar-refractivity contribution in [3.8, 4) is 17.1 Å². The molecule has 5 aromatic rings. The highest BCUT2D eigenvalue weighted by molar-refractivity contribution is 5.91. The maximum absolute atomic E-state index is 5.74. The molecule has 13 rings (SSSR count). The van der Waals surface area contributed by atoms with Crippen molar-refractivity contribution in [3.05, 3.63) is 209 Å². The molecule has 0 bridgehead atoms. The van der Waals surface area contributed by atoms with Crippen LogP contribution in [0.25, 0.3) is 28.1 Å². The Labute approximate surface area is 363 Å². The van der Waals surface area contributed by atoms with Crippen molar-refractivity contribution in [3.63, 3.8) is 0 Å². The van der Waals surface area contributed by atoms with E-state index in [0.29, 0.717) is 11.8 Å². The number of aromatic nitrogens is 2. The van der Waals surface area contributed by atoms with Gasteiger partial charge in [-0.3, -0.25) is 14.9 Å². The van der Waals surface area contributed by atoms with Crippen molar-refractivity contribution < 1.29 is 0 Å². The summed E-state index contributed by atoms with van der Waals surface area (Å²) in [7, 11) is 0. The lowest BCUT2D eigenvalue weighted by Gasteiger charge is -2.31. The number of rotatable bonds is 7. The van der Waals surface area contributed by atoms with Crippen LogP contribution in [0.3, 0.4) is 0 Å². The van der Waals surface area contributed by atoms with E-state index in [2.05, 4.69) is 184 Å². The standard InChI is InChI=1S/C56H50N6/c1-3-11-37(12-4-1)54-58-48-15-7-9-17-51(48)61(54)46-27-23-36(24-28-46)53-57-50(42-22-21-40-32-43-33-41(43)20-19-39(40)31-42)34-45-35-56(45,60-53)44-25-29-47(30-26-44)62-52-18-10-8-16-49(52)59-55(62)38-13-5-2-6-14-38/h1-3,5-6,8-11,13-14,16-30,32,41-42,45,53-54,58,60H,4,7,12,15,31,33-35H2. The Hall–Kier alpha value is -6.50. The van der Waals surface area contributed by atoms with Crippen molar-refractivity contribution >= 4 is 22.4 Å². The Morgan fingerprint density at radius 1 is 0.710 bits per heavy atom. The highest BCUT2D eigenvalue weighted by Gasteiger charge is 2.58. The van der Waals surface area contributed by atoms with E-state index in [1.54, 1.807) is 5.57 Å². The largest absolute Gasteiger partial charge is 0.363 e. The lowest BCUT2D eigenvalue weighted by Crippen LogP contribution is -2.39. The van der Waals surface area contributed by atoms with Crippen molar-refractivity contribution in [2.24, 2.45) is 22.7 Å². The van der Waals surface area contributed by atoms with E-state index in [-0.39, 0.29) is 23.8 Å². The minimum Gasteiger partial charge on any atom is -0.363 e. The molecule has 0 amide bonds. The smallest absolute Gasteiger partial charge is 0.145 e. The topological polar surface area (TPSA) is 57.5 Å². The maximum atomic E-state index is 5.74. The molecule has 8 aliphatic rings. The average molecular weight is 807 g/mol. The molecule has 0 radical (unpaired) electrons. The molecule has 6 atom stereocenters. The van der Waals surface area contributed by atoms with Gasteiger partial charge >= 0.3 is 0 Å². The van der Waals surface area contributed by atoms with Gasteiger partial charge in [0.05, 0.1) is 16.7 Å². The monoisotopic (exact) mass is 806 g/mol. The number of imidazole rings is 1. The van der Waals surface area contributed by atoms with Crippen LogP contribution in [0.2, 0.25) is 0 Å². The lowest BCUT2D eigenvalue weighted by atomic mass is 9.84. The van der Waals surface area contributed by atoms with Crippen molar-refractivity contribution in [1.29, 1.82) is 0 Å². The molecule has 0 saturated heterocycles. The van der Waals surface area contributed by atoms with Gasteiger partial charge < -0.3 is 10.2 Å². The van der Waals surface area contributed by atoms with Crippen LogP contribution in [0.15, 0.2) is 203 Å². The van der Waals surface area contributed by atoms with Gasteiger partial charge in [-0.2, -0.15) is 0 Å². The van der Waals surface area contributed by atoms with Crippen LogP contribution in [0.1, 0.15) is 68.7 Å². The van der Waals surface area contributed by atoms with Crippen LogP contribution < -0.4 is 15.5 Å². The number of nitrogens with zero attached hydrogens (tertiary/aromatic N) is 4. The molecule has 0 spiro atoms. The number of hydrogen-bond acceptors (Lipinski definition) is 5. The van der Waals surface area contributed by atoms with Gasteiger partial charge in [0.2, 0.25) is 0 Å². The molecule has 304 valence electrons.